The number of hydrogen-bond acceptors (Lipinski definition) is 3. The van der Waals surface area contributed by atoms with Crippen LogP contribution in [0.2, 0.25) is 0 Å². The number of likely N-dealkylation sites (tertiary alicyclic amines) is 1. The quantitative estimate of drug-likeness (QED) is 0.653. The van der Waals surface area contributed by atoms with Crippen LogP contribution in [0.25, 0.3) is 0 Å². The maximum absolute atomic E-state index is 9.44. The van der Waals surface area contributed by atoms with Crippen LogP contribution in [0.15, 0.2) is 0 Å². The Kier molecular flexibility index (Phi) is 5.78. The van der Waals surface area contributed by atoms with Crippen molar-refractivity contribution in [3.05, 3.63) is 0 Å². The third-order valence-corrected chi connectivity index (χ3v) is 3.17. The second-order valence-electron chi connectivity index (χ2n) is 3.96. The highest BCUT2D eigenvalue weighted by atomic mass is 35.5. The number of alkyl halides is 1. The molecule has 0 amide bonds. The average Bonchev–Trinajstić information content (AvgIpc) is 2.62. The molecule has 84 valence electrons. The lowest BCUT2D eigenvalue weighted by Crippen LogP contribution is -2.37. The van der Waals surface area contributed by atoms with Gasteiger partial charge in [-0.25, -0.2) is 0 Å². The Hall–Kier alpha value is 0.170. The van der Waals surface area contributed by atoms with Crippen LogP contribution in [-0.4, -0.2) is 52.8 Å². The van der Waals surface area contributed by atoms with Crippen molar-refractivity contribution in [3.8, 4) is 0 Å². The summed E-state index contributed by atoms with van der Waals surface area (Å²) in [6.07, 6.45) is 3.87. The topological polar surface area (TPSA) is 43.7 Å². The van der Waals surface area contributed by atoms with Crippen LogP contribution in [-0.2, 0) is 0 Å². The number of aliphatic hydroxyl groups excluding tert-OH is 2. The lowest BCUT2D eigenvalue weighted by molar-refractivity contribution is 0.116. The Bertz CT molecular complexity index is 157. The van der Waals surface area contributed by atoms with Crippen molar-refractivity contribution < 1.29 is 10.2 Å². The minimum absolute atomic E-state index is 0.266. The number of rotatable bonds is 6. The van der Waals surface area contributed by atoms with E-state index in [1.54, 1.807) is 0 Å². The highest BCUT2D eigenvalue weighted by molar-refractivity contribution is 6.18. The fraction of sp³-hybridized carbons (Fsp3) is 1.00. The van der Waals surface area contributed by atoms with Gasteiger partial charge in [0.05, 0.1) is 6.10 Å². The first-order valence-electron chi connectivity index (χ1n) is 5.37. The standard InChI is InChI=1S/C10H20ClNO2/c11-7-10(14)8-12-5-1-3-9(12)4-2-6-13/h9-10,13-14H,1-8H2. The molecule has 1 saturated heterocycles. The van der Waals surface area contributed by atoms with Gasteiger partial charge < -0.3 is 10.2 Å². The van der Waals surface area contributed by atoms with Crippen LogP contribution in [0.3, 0.4) is 0 Å². The first kappa shape index (κ1) is 12.2. The van der Waals surface area contributed by atoms with Gasteiger partial charge in [0.15, 0.2) is 0 Å². The van der Waals surface area contributed by atoms with Crippen LogP contribution in [0.1, 0.15) is 25.7 Å². The number of hydrogen-bond donors (Lipinski definition) is 2. The van der Waals surface area contributed by atoms with Crippen LogP contribution in [0.4, 0.5) is 0 Å². The van der Waals surface area contributed by atoms with E-state index in [9.17, 15) is 5.11 Å². The fourth-order valence-electron chi connectivity index (χ4n) is 2.11. The van der Waals surface area contributed by atoms with Gasteiger partial charge in [0.25, 0.3) is 0 Å². The fourth-order valence-corrected chi connectivity index (χ4v) is 2.21. The molecule has 0 aliphatic carbocycles. The zero-order valence-electron chi connectivity index (χ0n) is 8.53. The molecule has 0 aromatic rings. The summed E-state index contributed by atoms with van der Waals surface area (Å²) >= 11 is 5.57. The minimum Gasteiger partial charge on any atom is -0.396 e. The van der Waals surface area contributed by atoms with Crippen LogP contribution >= 0.6 is 11.6 Å². The van der Waals surface area contributed by atoms with E-state index in [1.807, 2.05) is 0 Å². The van der Waals surface area contributed by atoms with Gasteiger partial charge in [-0.05, 0) is 32.2 Å². The Balaban J connectivity index is 2.27. The zero-order chi connectivity index (χ0) is 10.4. The molecule has 1 fully saturated rings. The van der Waals surface area contributed by atoms with Crippen molar-refractivity contribution in [2.45, 2.75) is 37.8 Å². The second-order valence-corrected chi connectivity index (χ2v) is 4.27. The second kappa shape index (κ2) is 6.62. The molecule has 0 saturated carbocycles. The predicted octanol–water partition coefficient (Wildman–Crippen LogP) is 0.823. The van der Waals surface area contributed by atoms with Crippen LogP contribution < -0.4 is 0 Å². The molecule has 0 radical (unpaired) electrons. The predicted molar refractivity (Wildman–Crippen MR) is 57.6 cm³/mol. The van der Waals surface area contributed by atoms with Crippen molar-refractivity contribution in [2.75, 3.05) is 25.6 Å². The van der Waals surface area contributed by atoms with E-state index in [0.717, 1.165) is 19.4 Å². The molecule has 1 rings (SSSR count). The van der Waals surface area contributed by atoms with Gasteiger partial charge in [0.2, 0.25) is 0 Å². The third-order valence-electron chi connectivity index (χ3n) is 2.82. The molecular weight excluding hydrogens is 202 g/mol. The molecule has 3 nitrogen and oxygen atoms in total. The van der Waals surface area contributed by atoms with Crippen molar-refractivity contribution >= 4 is 11.6 Å². The van der Waals surface area contributed by atoms with E-state index in [2.05, 4.69) is 4.90 Å². The summed E-state index contributed by atoms with van der Waals surface area (Å²) in [5.41, 5.74) is 0. The molecular formula is C10H20ClNO2. The monoisotopic (exact) mass is 221 g/mol. The minimum atomic E-state index is -0.411. The van der Waals surface area contributed by atoms with Gasteiger partial charge in [-0.1, -0.05) is 0 Å². The highest BCUT2D eigenvalue weighted by Crippen LogP contribution is 2.21. The molecule has 2 N–H and O–H groups in total. The Morgan fingerprint density at radius 2 is 2.29 bits per heavy atom. The van der Waals surface area contributed by atoms with E-state index >= 15 is 0 Å². The maximum atomic E-state index is 9.44. The van der Waals surface area contributed by atoms with E-state index in [0.29, 0.717) is 18.5 Å². The molecule has 1 aliphatic heterocycles. The largest absolute Gasteiger partial charge is 0.396 e. The van der Waals surface area contributed by atoms with Gasteiger partial charge in [-0.3, -0.25) is 4.90 Å². The first-order valence-corrected chi connectivity index (χ1v) is 5.90. The average molecular weight is 222 g/mol. The number of halogens is 1. The zero-order valence-corrected chi connectivity index (χ0v) is 9.29. The summed E-state index contributed by atoms with van der Waals surface area (Å²) in [6, 6.07) is 0.542. The van der Waals surface area contributed by atoms with Crippen molar-refractivity contribution in [1.29, 1.82) is 0 Å². The Labute approximate surface area is 90.7 Å². The summed E-state index contributed by atoms with van der Waals surface area (Å²) in [5, 5.41) is 18.2. The molecule has 2 unspecified atom stereocenters. The molecule has 14 heavy (non-hydrogen) atoms. The number of aliphatic hydroxyl groups is 2. The molecule has 2 atom stereocenters. The van der Waals surface area contributed by atoms with Gasteiger partial charge >= 0.3 is 0 Å². The van der Waals surface area contributed by atoms with Gasteiger partial charge in [-0.15, -0.1) is 11.6 Å². The lowest BCUT2D eigenvalue weighted by atomic mass is 10.1. The summed E-state index contributed by atoms with van der Waals surface area (Å²) in [4.78, 5) is 2.29. The molecule has 0 aromatic carbocycles. The number of β-amino-alcohol motifs (C(OH)–C–C–N with tert-alkyl or cyclic N) is 1. The Morgan fingerprint density at radius 1 is 1.50 bits per heavy atom. The van der Waals surface area contributed by atoms with Gasteiger partial charge in [0, 0.05) is 25.1 Å². The molecule has 4 heteroatoms. The first-order chi connectivity index (χ1) is 6.77. The van der Waals surface area contributed by atoms with Crippen molar-refractivity contribution in [2.24, 2.45) is 0 Å². The van der Waals surface area contributed by atoms with E-state index in [-0.39, 0.29) is 6.61 Å². The van der Waals surface area contributed by atoms with Gasteiger partial charge in [0.1, 0.15) is 0 Å². The van der Waals surface area contributed by atoms with Crippen LogP contribution in [0, 0.1) is 0 Å². The highest BCUT2D eigenvalue weighted by Gasteiger charge is 2.25. The SMILES string of the molecule is OCCCC1CCCN1CC(O)CCl. The van der Waals surface area contributed by atoms with Crippen molar-refractivity contribution in [3.63, 3.8) is 0 Å². The van der Waals surface area contributed by atoms with Gasteiger partial charge in [-0.2, -0.15) is 0 Å². The third kappa shape index (κ3) is 3.73. The normalized spacial score (nSPS) is 25.5. The Morgan fingerprint density at radius 3 is 2.93 bits per heavy atom. The lowest BCUT2D eigenvalue weighted by Gasteiger charge is -2.25. The molecule has 1 aliphatic rings. The maximum Gasteiger partial charge on any atom is 0.0802 e. The molecule has 1 heterocycles. The molecule has 0 aromatic heterocycles. The smallest absolute Gasteiger partial charge is 0.0802 e. The van der Waals surface area contributed by atoms with E-state index in [4.69, 9.17) is 16.7 Å². The summed E-state index contributed by atoms with van der Waals surface area (Å²) in [5.74, 6) is 0.309. The summed E-state index contributed by atoms with van der Waals surface area (Å²) < 4.78 is 0. The molecule has 0 bridgehead atoms. The van der Waals surface area contributed by atoms with Crippen LogP contribution in [0.5, 0.6) is 0 Å². The molecule has 0 spiro atoms. The van der Waals surface area contributed by atoms with E-state index < -0.39 is 6.10 Å². The van der Waals surface area contributed by atoms with E-state index in [1.165, 1.54) is 12.8 Å². The van der Waals surface area contributed by atoms with Crippen molar-refractivity contribution in [1.82, 2.24) is 4.90 Å². The number of nitrogens with zero attached hydrogens (tertiary/aromatic N) is 1. The summed E-state index contributed by atoms with van der Waals surface area (Å²) in [7, 11) is 0. The summed E-state index contributed by atoms with van der Waals surface area (Å²) in [6.45, 7) is 2.01.